The molecule has 1 saturated heterocycles. The van der Waals surface area contributed by atoms with Gasteiger partial charge < -0.3 is 14.0 Å². The van der Waals surface area contributed by atoms with E-state index in [1.54, 1.807) is 18.0 Å². The van der Waals surface area contributed by atoms with Crippen LogP contribution in [0.25, 0.3) is 33.2 Å². The minimum absolute atomic E-state index is 0.0393. The van der Waals surface area contributed by atoms with Crippen molar-refractivity contribution in [1.29, 1.82) is 0 Å². The number of methoxy groups -OCH3 is 1. The molecule has 208 valence electrons. The zero-order valence-corrected chi connectivity index (χ0v) is 23.9. The van der Waals surface area contributed by atoms with Gasteiger partial charge in [0.15, 0.2) is 9.84 Å². The van der Waals surface area contributed by atoms with Gasteiger partial charge in [0, 0.05) is 55.9 Å². The molecule has 1 aromatic carbocycles. The Balaban J connectivity index is 1.68. The number of pyridine rings is 2. The maximum absolute atomic E-state index is 12.2. The van der Waals surface area contributed by atoms with Crippen molar-refractivity contribution in [2.24, 2.45) is 13.0 Å². The van der Waals surface area contributed by atoms with Crippen LogP contribution in [0, 0.1) is 12.8 Å². The molecular weight excluding hydrogens is 528 g/mol. The van der Waals surface area contributed by atoms with Gasteiger partial charge in [-0.3, -0.25) is 9.97 Å². The molecule has 11 heteroatoms. The first-order chi connectivity index (χ1) is 19.2. The van der Waals surface area contributed by atoms with E-state index in [0.29, 0.717) is 13.2 Å². The summed E-state index contributed by atoms with van der Waals surface area (Å²) in [6.45, 7) is 3.28. The molecule has 40 heavy (non-hydrogen) atoms. The van der Waals surface area contributed by atoms with E-state index in [9.17, 15) is 8.42 Å². The zero-order chi connectivity index (χ0) is 28.0. The third-order valence-corrected chi connectivity index (χ3v) is 8.54. The Labute approximate surface area is 232 Å². The summed E-state index contributed by atoms with van der Waals surface area (Å²) in [4.78, 5) is 9.78. The van der Waals surface area contributed by atoms with Crippen LogP contribution in [0.15, 0.2) is 48.8 Å². The molecule has 10 nitrogen and oxygen atoms in total. The van der Waals surface area contributed by atoms with Crippen molar-refractivity contribution in [2.75, 3.05) is 26.6 Å². The number of hydrogen-bond donors (Lipinski definition) is 0. The Kier molecular flexibility index (Phi) is 6.79. The SMILES string of the molecule is COc1ccnc([C@H](C2CCOCC2)n2c3cc(CS(C)(=O)=O)ccc3c3ncc(-c4c(C)nnn4C)cc32)c1. The average molecular weight is 561 g/mol. The van der Waals surface area contributed by atoms with Crippen LogP contribution in [-0.4, -0.2) is 64.5 Å². The summed E-state index contributed by atoms with van der Waals surface area (Å²) in [5.74, 6) is 0.924. The van der Waals surface area contributed by atoms with Crippen LogP contribution in [0.2, 0.25) is 0 Å². The Morgan fingerprint density at radius 1 is 1.10 bits per heavy atom. The second-order valence-electron chi connectivity index (χ2n) is 10.5. The van der Waals surface area contributed by atoms with Gasteiger partial charge in [0.05, 0.1) is 52.5 Å². The van der Waals surface area contributed by atoms with E-state index in [1.807, 2.05) is 50.5 Å². The summed E-state index contributed by atoms with van der Waals surface area (Å²) < 4.78 is 39.9. The van der Waals surface area contributed by atoms with Crippen molar-refractivity contribution >= 4 is 31.8 Å². The molecule has 6 rings (SSSR count). The quantitative estimate of drug-likeness (QED) is 0.290. The lowest BCUT2D eigenvalue weighted by Crippen LogP contribution is -2.27. The number of ether oxygens (including phenoxy) is 2. The number of fused-ring (bicyclic) bond motifs is 3. The second-order valence-corrected chi connectivity index (χ2v) is 12.7. The Bertz CT molecular complexity index is 1800. The maximum Gasteiger partial charge on any atom is 0.151 e. The van der Waals surface area contributed by atoms with E-state index >= 15 is 0 Å². The Hall–Kier alpha value is -3.83. The number of sulfone groups is 1. The molecule has 5 heterocycles. The number of aromatic nitrogens is 6. The molecule has 0 spiro atoms. The molecule has 0 saturated carbocycles. The van der Waals surface area contributed by atoms with Crippen molar-refractivity contribution in [3.8, 4) is 17.0 Å². The summed E-state index contributed by atoms with van der Waals surface area (Å²) in [7, 11) is 0.303. The van der Waals surface area contributed by atoms with Gasteiger partial charge >= 0.3 is 0 Å². The number of aryl methyl sites for hydroxylation is 2. The topological polar surface area (TPSA) is 114 Å². The highest BCUT2D eigenvalue weighted by Gasteiger charge is 2.32. The van der Waals surface area contributed by atoms with Crippen molar-refractivity contribution < 1.29 is 17.9 Å². The van der Waals surface area contributed by atoms with Gasteiger partial charge in [-0.15, -0.1) is 5.10 Å². The van der Waals surface area contributed by atoms with E-state index in [2.05, 4.69) is 20.9 Å². The van der Waals surface area contributed by atoms with E-state index in [0.717, 1.165) is 68.7 Å². The molecule has 1 atom stereocenters. The molecular formula is C29H32N6O4S. The predicted molar refractivity (Wildman–Crippen MR) is 153 cm³/mol. The maximum atomic E-state index is 12.2. The molecule has 1 aliphatic rings. The standard InChI is InChI=1S/C29H32N6O4S/c1-18-28(34(2)33-32-18)21-14-26-27(31-16-21)23-6-5-19(17-40(4,36)37)13-25(23)35(26)29(20-8-11-39-12-9-20)24-15-22(38-3)7-10-30-24/h5-7,10,13-16,20,29H,8-9,11-12,17H2,1-4H3/t29-/m0/s1. The third kappa shape index (κ3) is 4.84. The van der Waals surface area contributed by atoms with E-state index in [1.165, 1.54) is 6.26 Å². The highest BCUT2D eigenvalue weighted by atomic mass is 32.2. The molecule has 0 bridgehead atoms. The molecule has 0 amide bonds. The van der Waals surface area contributed by atoms with Crippen LogP contribution in [-0.2, 0) is 27.4 Å². The second kappa shape index (κ2) is 10.3. The van der Waals surface area contributed by atoms with E-state index < -0.39 is 9.84 Å². The fraction of sp³-hybridized carbons (Fsp3) is 0.379. The van der Waals surface area contributed by atoms with Crippen molar-refractivity contribution in [3.05, 3.63) is 65.7 Å². The summed E-state index contributed by atoms with van der Waals surface area (Å²) in [5, 5.41) is 9.40. The fourth-order valence-corrected chi connectivity index (χ4v) is 6.75. The van der Waals surface area contributed by atoms with Gasteiger partial charge in [-0.2, -0.15) is 0 Å². The minimum atomic E-state index is -3.22. The zero-order valence-electron chi connectivity index (χ0n) is 23.0. The molecule has 0 aliphatic carbocycles. The van der Waals surface area contributed by atoms with Crippen LogP contribution in [0.3, 0.4) is 0 Å². The van der Waals surface area contributed by atoms with Crippen LogP contribution in [0.5, 0.6) is 5.75 Å². The number of nitrogens with zero attached hydrogens (tertiary/aromatic N) is 6. The van der Waals surface area contributed by atoms with Crippen molar-refractivity contribution in [3.63, 3.8) is 0 Å². The minimum Gasteiger partial charge on any atom is -0.497 e. The Morgan fingerprint density at radius 2 is 1.90 bits per heavy atom. The highest BCUT2D eigenvalue weighted by Crippen LogP contribution is 2.41. The lowest BCUT2D eigenvalue weighted by Gasteiger charge is -2.32. The number of rotatable bonds is 7. The predicted octanol–water partition coefficient (Wildman–Crippen LogP) is 4.26. The molecule has 1 fully saturated rings. The van der Waals surface area contributed by atoms with Gasteiger partial charge in [-0.05, 0) is 49.4 Å². The van der Waals surface area contributed by atoms with E-state index in [4.69, 9.17) is 19.4 Å². The van der Waals surface area contributed by atoms with Gasteiger partial charge in [0.2, 0.25) is 0 Å². The van der Waals surface area contributed by atoms with Crippen LogP contribution in [0.1, 0.15) is 35.8 Å². The van der Waals surface area contributed by atoms with Crippen molar-refractivity contribution in [2.45, 2.75) is 31.6 Å². The smallest absolute Gasteiger partial charge is 0.151 e. The van der Waals surface area contributed by atoms with Crippen LogP contribution >= 0.6 is 0 Å². The summed E-state index contributed by atoms with van der Waals surface area (Å²) in [5.41, 5.74) is 6.92. The van der Waals surface area contributed by atoms with Gasteiger partial charge in [-0.25, -0.2) is 13.1 Å². The molecule has 5 aromatic rings. The first-order valence-electron chi connectivity index (χ1n) is 13.3. The highest BCUT2D eigenvalue weighted by molar-refractivity contribution is 7.89. The largest absolute Gasteiger partial charge is 0.497 e. The molecule has 0 N–H and O–H groups in total. The number of hydrogen-bond acceptors (Lipinski definition) is 8. The lowest BCUT2D eigenvalue weighted by molar-refractivity contribution is 0.0547. The molecule has 0 unspecified atom stereocenters. The lowest BCUT2D eigenvalue weighted by atomic mass is 9.88. The van der Waals surface area contributed by atoms with Gasteiger partial charge in [0.25, 0.3) is 0 Å². The first kappa shape index (κ1) is 26.4. The molecule has 0 radical (unpaired) electrons. The summed E-state index contributed by atoms with van der Waals surface area (Å²) in [6, 6.07) is 11.7. The molecule has 1 aliphatic heterocycles. The Morgan fingerprint density at radius 3 is 2.60 bits per heavy atom. The van der Waals surface area contributed by atoms with Crippen LogP contribution in [0.4, 0.5) is 0 Å². The normalized spacial score (nSPS) is 15.6. The number of benzene rings is 1. The van der Waals surface area contributed by atoms with E-state index in [-0.39, 0.29) is 17.7 Å². The summed E-state index contributed by atoms with van der Waals surface area (Å²) in [6.07, 6.45) is 6.63. The fourth-order valence-electron chi connectivity index (χ4n) is 5.96. The van der Waals surface area contributed by atoms with Crippen molar-refractivity contribution in [1.82, 2.24) is 29.5 Å². The molecule has 4 aromatic heterocycles. The first-order valence-corrected chi connectivity index (χ1v) is 15.3. The third-order valence-electron chi connectivity index (χ3n) is 7.68. The average Bonchev–Trinajstić information content (AvgIpc) is 3.44. The summed E-state index contributed by atoms with van der Waals surface area (Å²) >= 11 is 0. The van der Waals surface area contributed by atoms with Crippen LogP contribution < -0.4 is 4.74 Å². The van der Waals surface area contributed by atoms with Gasteiger partial charge in [-0.1, -0.05) is 17.3 Å². The monoisotopic (exact) mass is 560 g/mol. The van der Waals surface area contributed by atoms with Gasteiger partial charge in [0.1, 0.15) is 5.75 Å².